The van der Waals surface area contributed by atoms with Gasteiger partial charge in [-0.1, -0.05) is 25.5 Å². The quantitative estimate of drug-likeness (QED) is 0.618. The van der Waals surface area contributed by atoms with Gasteiger partial charge in [0.25, 0.3) is 0 Å². The Balaban J connectivity index is 1.96. The summed E-state index contributed by atoms with van der Waals surface area (Å²) in [6.07, 6.45) is 7.82. The van der Waals surface area contributed by atoms with Crippen molar-refractivity contribution < 1.29 is 5.11 Å². The number of hydrogen-bond donors (Lipinski definition) is 1. The first-order chi connectivity index (χ1) is 6.27. The zero-order valence-corrected chi connectivity index (χ0v) is 8.32. The van der Waals surface area contributed by atoms with Crippen LogP contribution in [-0.2, 0) is 0 Å². The summed E-state index contributed by atoms with van der Waals surface area (Å²) in [5, 5.41) is 9.50. The molecule has 1 N–H and O–H groups in total. The summed E-state index contributed by atoms with van der Waals surface area (Å²) < 4.78 is 0. The van der Waals surface area contributed by atoms with E-state index in [-0.39, 0.29) is 6.10 Å². The van der Waals surface area contributed by atoms with E-state index in [0.29, 0.717) is 0 Å². The second-order valence-electron chi connectivity index (χ2n) is 4.42. The van der Waals surface area contributed by atoms with E-state index in [1.807, 2.05) is 6.08 Å². The van der Waals surface area contributed by atoms with Gasteiger partial charge in [0.2, 0.25) is 0 Å². The predicted octanol–water partition coefficient (Wildman–Crippen LogP) is 1.41. The van der Waals surface area contributed by atoms with Crippen molar-refractivity contribution >= 4 is 0 Å². The first-order valence-corrected chi connectivity index (χ1v) is 5.36. The second-order valence-corrected chi connectivity index (χ2v) is 4.42. The largest absolute Gasteiger partial charge is 0.388 e. The molecule has 1 aliphatic carbocycles. The van der Waals surface area contributed by atoms with Gasteiger partial charge in [0.1, 0.15) is 0 Å². The van der Waals surface area contributed by atoms with Gasteiger partial charge >= 0.3 is 0 Å². The molecule has 0 amide bonds. The minimum absolute atomic E-state index is 0.235. The third-order valence-corrected chi connectivity index (χ3v) is 3.40. The number of aliphatic hydroxyl groups excluding tert-OH is 1. The minimum Gasteiger partial charge on any atom is -0.388 e. The number of nitrogens with zero attached hydrogens (tertiary/aromatic N) is 1. The third-order valence-electron chi connectivity index (χ3n) is 3.40. The Labute approximate surface area is 80.2 Å². The molecule has 13 heavy (non-hydrogen) atoms. The van der Waals surface area contributed by atoms with Crippen molar-refractivity contribution in [1.82, 2.24) is 4.90 Å². The van der Waals surface area contributed by atoms with Crippen molar-refractivity contribution in [2.75, 3.05) is 13.1 Å². The van der Waals surface area contributed by atoms with Gasteiger partial charge in [-0.05, 0) is 18.8 Å². The van der Waals surface area contributed by atoms with Crippen LogP contribution in [0.4, 0.5) is 0 Å². The smallest absolute Gasteiger partial charge is 0.0848 e. The van der Waals surface area contributed by atoms with E-state index in [4.69, 9.17) is 0 Å². The van der Waals surface area contributed by atoms with Crippen LogP contribution in [0.15, 0.2) is 12.2 Å². The van der Waals surface area contributed by atoms with Gasteiger partial charge in [0.05, 0.1) is 6.10 Å². The average Bonchev–Trinajstić information content (AvgIpc) is 2.51. The van der Waals surface area contributed by atoms with Crippen molar-refractivity contribution in [1.29, 1.82) is 0 Å². The van der Waals surface area contributed by atoms with E-state index >= 15 is 0 Å². The number of β-amino-alcohol motifs (C(OH)–C–C–N with tert-alkyl or cyclic N) is 1. The van der Waals surface area contributed by atoms with Crippen molar-refractivity contribution in [3.63, 3.8) is 0 Å². The Morgan fingerprint density at radius 1 is 1.38 bits per heavy atom. The summed E-state index contributed by atoms with van der Waals surface area (Å²) >= 11 is 0. The van der Waals surface area contributed by atoms with Gasteiger partial charge in [-0.15, -0.1) is 0 Å². The first-order valence-electron chi connectivity index (χ1n) is 5.36. The van der Waals surface area contributed by atoms with Crippen LogP contribution in [0, 0.1) is 5.92 Å². The fraction of sp³-hybridized carbons (Fsp3) is 0.818. The Bertz CT molecular complexity index is 202. The summed E-state index contributed by atoms with van der Waals surface area (Å²) in [6, 6.07) is 0.722. The Kier molecular flexibility index (Phi) is 2.70. The molecule has 2 heteroatoms. The fourth-order valence-corrected chi connectivity index (χ4v) is 2.67. The van der Waals surface area contributed by atoms with Gasteiger partial charge < -0.3 is 5.11 Å². The van der Waals surface area contributed by atoms with Crippen molar-refractivity contribution in [3.8, 4) is 0 Å². The zero-order chi connectivity index (χ0) is 9.26. The summed E-state index contributed by atoms with van der Waals surface area (Å²) in [5.41, 5.74) is 0. The lowest BCUT2D eigenvalue weighted by molar-refractivity contribution is 0.1000. The number of aliphatic hydroxyl groups is 1. The molecule has 74 valence electrons. The molecule has 2 rings (SSSR count). The molecular formula is C11H19NO. The molecular weight excluding hydrogens is 162 g/mol. The topological polar surface area (TPSA) is 23.5 Å². The first kappa shape index (κ1) is 9.22. The van der Waals surface area contributed by atoms with E-state index in [0.717, 1.165) is 25.0 Å². The van der Waals surface area contributed by atoms with Crippen LogP contribution >= 0.6 is 0 Å². The van der Waals surface area contributed by atoms with Gasteiger partial charge in [-0.3, -0.25) is 4.90 Å². The zero-order valence-electron chi connectivity index (χ0n) is 8.32. The average molecular weight is 181 g/mol. The van der Waals surface area contributed by atoms with Crippen LogP contribution in [-0.4, -0.2) is 35.2 Å². The molecule has 2 nitrogen and oxygen atoms in total. The van der Waals surface area contributed by atoms with Crippen LogP contribution < -0.4 is 0 Å². The maximum absolute atomic E-state index is 9.50. The summed E-state index contributed by atoms with van der Waals surface area (Å²) in [4.78, 5) is 2.43. The maximum Gasteiger partial charge on any atom is 0.0848 e. The Hall–Kier alpha value is -0.340. The fourth-order valence-electron chi connectivity index (χ4n) is 2.67. The Morgan fingerprint density at radius 2 is 2.23 bits per heavy atom. The molecule has 1 saturated carbocycles. The molecule has 0 aromatic rings. The SMILES string of the molecule is CC1CCCC1N1CC=CC(O)C1. The van der Waals surface area contributed by atoms with E-state index in [1.54, 1.807) is 0 Å². The van der Waals surface area contributed by atoms with Gasteiger partial charge in [0, 0.05) is 19.1 Å². The van der Waals surface area contributed by atoms with Crippen molar-refractivity contribution in [2.45, 2.75) is 38.3 Å². The van der Waals surface area contributed by atoms with Gasteiger partial charge in [-0.2, -0.15) is 0 Å². The normalized spacial score (nSPS) is 41.2. The highest BCUT2D eigenvalue weighted by Crippen LogP contribution is 2.30. The molecule has 0 bridgehead atoms. The molecule has 0 aromatic carbocycles. The molecule has 1 fully saturated rings. The van der Waals surface area contributed by atoms with Crippen LogP contribution in [0.5, 0.6) is 0 Å². The van der Waals surface area contributed by atoms with Crippen LogP contribution in [0.1, 0.15) is 26.2 Å². The van der Waals surface area contributed by atoms with Gasteiger partial charge in [0.15, 0.2) is 0 Å². The molecule has 0 spiro atoms. The number of hydrogen-bond acceptors (Lipinski definition) is 2. The molecule has 1 heterocycles. The van der Waals surface area contributed by atoms with E-state index in [1.165, 1.54) is 19.3 Å². The Morgan fingerprint density at radius 3 is 2.85 bits per heavy atom. The van der Waals surface area contributed by atoms with Crippen LogP contribution in [0.25, 0.3) is 0 Å². The molecule has 0 saturated heterocycles. The molecule has 3 unspecified atom stereocenters. The van der Waals surface area contributed by atoms with E-state index in [2.05, 4.69) is 17.9 Å². The monoisotopic (exact) mass is 181 g/mol. The lowest BCUT2D eigenvalue weighted by Gasteiger charge is -2.34. The van der Waals surface area contributed by atoms with Crippen molar-refractivity contribution in [2.24, 2.45) is 5.92 Å². The van der Waals surface area contributed by atoms with Crippen LogP contribution in [0.3, 0.4) is 0 Å². The summed E-state index contributed by atoms with van der Waals surface area (Å²) in [7, 11) is 0. The minimum atomic E-state index is -0.235. The third kappa shape index (κ3) is 1.94. The predicted molar refractivity (Wildman–Crippen MR) is 53.5 cm³/mol. The lowest BCUT2D eigenvalue weighted by Crippen LogP contribution is -2.43. The number of rotatable bonds is 1. The highest BCUT2D eigenvalue weighted by molar-refractivity contribution is 5.00. The summed E-state index contributed by atoms with van der Waals surface area (Å²) in [5.74, 6) is 0.818. The maximum atomic E-state index is 9.50. The van der Waals surface area contributed by atoms with Crippen molar-refractivity contribution in [3.05, 3.63) is 12.2 Å². The molecule has 0 aromatic heterocycles. The summed E-state index contributed by atoms with van der Waals surface area (Å²) in [6.45, 7) is 4.21. The lowest BCUT2D eigenvalue weighted by atomic mass is 10.0. The van der Waals surface area contributed by atoms with Gasteiger partial charge in [-0.25, -0.2) is 0 Å². The molecule has 2 aliphatic rings. The highest BCUT2D eigenvalue weighted by atomic mass is 16.3. The molecule has 3 atom stereocenters. The highest BCUT2D eigenvalue weighted by Gasteiger charge is 2.30. The van der Waals surface area contributed by atoms with E-state index in [9.17, 15) is 5.11 Å². The van der Waals surface area contributed by atoms with E-state index < -0.39 is 0 Å². The molecule has 1 aliphatic heterocycles. The standard InChI is InChI=1S/C11H19NO/c1-9-4-2-6-11(9)12-7-3-5-10(13)8-12/h3,5,9-11,13H,2,4,6-8H2,1H3. The van der Waals surface area contributed by atoms with Crippen LogP contribution in [0.2, 0.25) is 0 Å². The molecule has 0 radical (unpaired) electrons. The second kappa shape index (κ2) is 3.81.